The maximum Gasteiger partial charge on any atom is 0.256 e. The molecule has 0 aliphatic carbocycles. The molecule has 0 spiro atoms. The van der Waals surface area contributed by atoms with Gasteiger partial charge in [-0.15, -0.1) is 11.8 Å². The van der Waals surface area contributed by atoms with E-state index in [4.69, 9.17) is 10.7 Å². The van der Waals surface area contributed by atoms with Gasteiger partial charge in [-0.1, -0.05) is 24.3 Å². The van der Waals surface area contributed by atoms with Gasteiger partial charge in [0.05, 0.1) is 6.04 Å². The third-order valence-corrected chi connectivity index (χ3v) is 11.3. The number of aromatic nitrogens is 4. The number of nitrogen functional groups attached to an aromatic ring is 1. The van der Waals surface area contributed by atoms with Crippen LogP contribution in [0.15, 0.2) is 84.1 Å². The first-order valence-corrected chi connectivity index (χ1v) is 18.9. The van der Waals surface area contributed by atoms with E-state index >= 15 is 0 Å². The molecule has 3 aliphatic heterocycles. The summed E-state index contributed by atoms with van der Waals surface area (Å²) >= 11 is 1.60. The molecule has 14 nitrogen and oxygen atoms in total. The highest BCUT2D eigenvalue weighted by Gasteiger charge is 2.40. The highest BCUT2D eigenvalue weighted by atomic mass is 32.2. The van der Waals surface area contributed by atoms with E-state index in [2.05, 4.69) is 20.6 Å². The second-order valence-electron chi connectivity index (χ2n) is 13.5. The molecule has 4 N–H and O–H groups in total. The van der Waals surface area contributed by atoms with E-state index in [-0.39, 0.29) is 36.1 Å². The number of imidazole rings is 1. The summed E-state index contributed by atoms with van der Waals surface area (Å²) in [5.41, 5.74) is 10.3. The van der Waals surface area contributed by atoms with Crippen molar-refractivity contribution in [1.29, 1.82) is 0 Å². The van der Waals surface area contributed by atoms with Crippen molar-refractivity contribution in [2.45, 2.75) is 62.0 Å². The number of nitrogens with two attached hydrogens (primary N) is 1. The third-order valence-electron chi connectivity index (χ3n) is 10.1. The molecule has 54 heavy (non-hydrogen) atoms. The minimum Gasteiger partial charge on any atom is -0.382 e. The molecule has 2 atom stereocenters. The fraction of sp³-hybridized carbons (Fsp3) is 0.282. The number of thioether (sulfide) groups is 1. The fourth-order valence-corrected chi connectivity index (χ4v) is 8.54. The number of amides is 5. The second kappa shape index (κ2) is 14.7. The van der Waals surface area contributed by atoms with Gasteiger partial charge in [0, 0.05) is 66.1 Å². The predicted molar refractivity (Wildman–Crippen MR) is 201 cm³/mol. The zero-order valence-corrected chi connectivity index (χ0v) is 30.1. The van der Waals surface area contributed by atoms with Crippen molar-refractivity contribution in [2.75, 3.05) is 23.3 Å². The van der Waals surface area contributed by atoms with Crippen molar-refractivity contribution in [2.24, 2.45) is 0 Å². The van der Waals surface area contributed by atoms with Gasteiger partial charge in [0.1, 0.15) is 34.7 Å². The van der Waals surface area contributed by atoms with Crippen LogP contribution < -0.4 is 16.4 Å². The van der Waals surface area contributed by atoms with E-state index in [9.17, 15) is 24.0 Å². The number of rotatable bonds is 10. The number of hydrogen-bond donors (Lipinski definition) is 3. The average molecular weight is 744 g/mol. The molecule has 2 saturated heterocycles. The summed E-state index contributed by atoms with van der Waals surface area (Å²) in [6, 6.07) is 17.1. The van der Waals surface area contributed by atoms with Crippen molar-refractivity contribution in [3.8, 4) is 11.3 Å². The van der Waals surface area contributed by atoms with Gasteiger partial charge in [-0.05, 0) is 73.4 Å². The minimum absolute atomic E-state index is 0.0409. The second-order valence-corrected chi connectivity index (χ2v) is 14.6. The maximum atomic E-state index is 13.7. The number of nitrogens with zero attached hydrogens (tertiary/aromatic N) is 6. The number of hydrogen-bond acceptors (Lipinski definition) is 10. The quantitative estimate of drug-likeness (QED) is 0.104. The zero-order chi connectivity index (χ0) is 37.3. The molecule has 2 aromatic carbocycles. The molecule has 2 fully saturated rings. The van der Waals surface area contributed by atoms with Crippen LogP contribution in [0.2, 0.25) is 0 Å². The van der Waals surface area contributed by atoms with Gasteiger partial charge in [0.15, 0.2) is 0 Å². The topological polar surface area (TPSA) is 185 Å². The van der Waals surface area contributed by atoms with Gasteiger partial charge in [-0.25, -0.2) is 15.0 Å². The number of likely N-dealkylation sites (tertiary alicyclic amines) is 1. The van der Waals surface area contributed by atoms with Gasteiger partial charge in [-0.2, -0.15) is 0 Å². The number of piperidine rings is 1. The van der Waals surface area contributed by atoms with Crippen LogP contribution in [0.25, 0.3) is 16.8 Å². The highest BCUT2D eigenvalue weighted by molar-refractivity contribution is 7.99. The summed E-state index contributed by atoms with van der Waals surface area (Å²) in [7, 11) is 0. The van der Waals surface area contributed by atoms with Crippen molar-refractivity contribution in [3.63, 3.8) is 0 Å². The molecule has 5 amide bonds. The van der Waals surface area contributed by atoms with Crippen LogP contribution >= 0.6 is 11.8 Å². The number of carbonyl (C=O) groups is 5. The Morgan fingerprint density at radius 1 is 0.963 bits per heavy atom. The summed E-state index contributed by atoms with van der Waals surface area (Å²) < 4.78 is 1.92. The Kier molecular flexibility index (Phi) is 9.54. The van der Waals surface area contributed by atoms with E-state index in [0.717, 1.165) is 28.9 Å². The van der Waals surface area contributed by atoms with Crippen molar-refractivity contribution < 1.29 is 24.0 Å². The maximum absolute atomic E-state index is 13.7. The summed E-state index contributed by atoms with van der Waals surface area (Å²) in [4.78, 5) is 81.9. The predicted octanol–water partition coefficient (Wildman–Crippen LogP) is 4.62. The van der Waals surface area contributed by atoms with Crippen LogP contribution in [0, 0.1) is 0 Å². The molecule has 0 radical (unpaired) electrons. The van der Waals surface area contributed by atoms with Crippen molar-refractivity contribution in [3.05, 3.63) is 102 Å². The zero-order valence-electron chi connectivity index (χ0n) is 29.2. The number of fused-ring (bicyclic) bond motifs is 2. The molecule has 0 bridgehead atoms. The summed E-state index contributed by atoms with van der Waals surface area (Å²) in [5, 5.41) is 5.14. The Morgan fingerprint density at radius 3 is 2.61 bits per heavy atom. The molecule has 5 aromatic rings. The van der Waals surface area contributed by atoms with E-state index < -0.39 is 11.9 Å². The van der Waals surface area contributed by atoms with Crippen LogP contribution in [-0.4, -0.2) is 77.0 Å². The lowest BCUT2D eigenvalue weighted by atomic mass is 10.0. The first-order valence-electron chi connectivity index (χ1n) is 17.9. The van der Waals surface area contributed by atoms with Crippen LogP contribution in [-0.2, 0) is 20.9 Å². The van der Waals surface area contributed by atoms with E-state index in [1.54, 1.807) is 65.5 Å². The highest BCUT2D eigenvalue weighted by Crippen LogP contribution is 2.38. The van der Waals surface area contributed by atoms with Gasteiger partial charge < -0.3 is 20.9 Å². The van der Waals surface area contributed by atoms with Crippen molar-refractivity contribution >= 4 is 58.5 Å². The molecule has 8 rings (SSSR count). The van der Waals surface area contributed by atoms with Gasteiger partial charge >= 0.3 is 0 Å². The van der Waals surface area contributed by atoms with E-state index in [1.165, 1.54) is 0 Å². The Morgan fingerprint density at radius 2 is 1.81 bits per heavy atom. The van der Waals surface area contributed by atoms with Gasteiger partial charge in [0.25, 0.3) is 11.8 Å². The number of nitrogens with one attached hydrogen (secondary N) is 2. The van der Waals surface area contributed by atoms with Crippen LogP contribution in [0.1, 0.15) is 76.7 Å². The number of carbonyl (C=O) groups excluding carboxylic acids is 5. The van der Waals surface area contributed by atoms with Crippen LogP contribution in [0.3, 0.4) is 0 Å². The summed E-state index contributed by atoms with van der Waals surface area (Å²) in [6.07, 6.45) is 8.14. The standard InChI is InChI=1S/C39H37N9O5S/c40-35-34-33(23-11-13-24(14-12-23)37(51)43-30-9-1-2-17-41-30)45-36(47(34)20-18-42-35)27-7-4-19-46(27)32(50)10-5-21-54-29-8-3-6-25-26(29)22-48(39(25)53)28-15-16-31(49)44-38(28)52/h1-3,6,8-9,11-14,17-18,20,27-28H,4-5,7,10,15-16,19,21-22H2,(H2,40,42)(H,41,43,51)(H,44,49,52)/t27-,28?/m0/s1. The molecule has 15 heteroatoms. The Labute approximate surface area is 314 Å². The molecule has 3 aromatic heterocycles. The molecule has 0 saturated carbocycles. The molecule has 6 heterocycles. The van der Waals surface area contributed by atoms with Crippen molar-refractivity contribution in [1.82, 2.24) is 34.5 Å². The average Bonchev–Trinajstić information content (AvgIpc) is 3.91. The molecule has 3 aliphatic rings. The third kappa shape index (κ3) is 6.66. The van der Waals surface area contributed by atoms with Gasteiger partial charge in [0.2, 0.25) is 17.7 Å². The molecular weight excluding hydrogens is 707 g/mol. The number of benzene rings is 2. The number of pyridine rings is 1. The first-order chi connectivity index (χ1) is 26.3. The normalized spacial score (nSPS) is 18.3. The Hall–Kier alpha value is -6.09. The lowest BCUT2D eigenvalue weighted by Crippen LogP contribution is -2.52. The van der Waals surface area contributed by atoms with E-state index in [1.807, 2.05) is 39.8 Å². The first kappa shape index (κ1) is 35.0. The monoisotopic (exact) mass is 743 g/mol. The summed E-state index contributed by atoms with van der Waals surface area (Å²) in [5.74, 6) is 0.950. The molecule has 274 valence electrons. The van der Waals surface area contributed by atoms with Gasteiger partial charge in [-0.3, -0.25) is 33.7 Å². The number of imide groups is 1. The van der Waals surface area contributed by atoms with Crippen LogP contribution in [0.5, 0.6) is 0 Å². The lowest BCUT2D eigenvalue weighted by molar-refractivity contribution is -0.137. The largest absolute Gasteiger partial charge is 0.382 e. The minimum atomic E-state index is -0.667. The Balaban J connectivity index is 0.933. The number of anilines is 2. The lowest BCUT2D eigenvalue weighted by Gasteiger charge is -2.29. The smallest absolute Gasteiger partial charge is 0.256 e. The fourth-order valence-electron chi connectivity index (χ4n) is 7.50. The molecular formula is C39H37N9O5S. The molecule has 1 unspecified atom stereocenters. The summed E-state index contributed by atoms with van der Waals surface area (Å²) in [6.45, 7) is 0.926. The SMILES string of the molecule is Nc1nccn2c([C@@H]3CCCN3C(=O)CCCSc3cccc4c3CN(C3CCC(=O)NC3=O)C4=O)nc(-c3ccc(C(=O)Nc4ccccn4)cc3)c12. The van der Waals surface area contributed by atoms with Crippen LogP contribution in [0.4, 0.5) is 11.6 Å². The Bertz CT molecular complexity index is 2300. The van der Waals surface area contributed by atoms with E-state index in [0.29, 0.717) is 77.9 Å².